The van der Waals surface area contributed by atoms with Gasteiger partial charge in [0.05, 0.1) is 0 Å². The Morgan fingerprint density at radius 1 is 0.750 bits per heavy atom. The van der Waals surface area contributed by atoms with Crippen LogP contribution in [0.15, 0.2) is 0 Å². The molecule has 0 radical (unpaired) electrons. The fourth-order valence-corrected chi connectivity index (χ4v) is 2.86. The van der Waals surface area contributed by atoms with Gasteiger partial charge in [0.1, 0.15) is 0 Å². The topological polar surface area (TPSA) is 6.48 Å². The van der Waals surface area contributed by atoms with E-state index in [1.54, 1.807) is 0 Å². The van der Waals surface area contributed by atoms with Gasteiger partial charge in [-0.15, -0.1) is 0 Å². The summed E-state index contributed by atoms with van der Waals surface area (Å²) in [6.07, 6.45) is 9.78. The molecule has 122 valence electrons. The first-order chi connectivity index (χ1) is 9.56. The lowest BCUT2D eigenvalue weighted by Crippen LogP contribution is -2.35. The second-order valence-electron chi connectivity index (χ2n) is 6.66. The Labute approximate surface area is 136 Å². The number of rotatable bonds is 14. The van der Waals surface area contributed by atoms with Crippen molar-refractivity contribution in [3.05, 3.63) is 0 Å². The molecule has 0 atom stereocenters. The summed E-state index contributed by atoms with van der Waals surface area (Å²) in [7, 11) is 4.33. The highest BCUT2D eigenvalue weighted by Crippen LogP contribution is 2.09. The third kappa shape index (κ3) is 14.8. The Hall–Kier alpha value is 0.400. The summed E-state index contributed by atoms with van der Waals surface area (Å²) >= 11 is 3.49. The SMILES string of the molecule is CC(C)CN(CCCCCCCCCBr)CCN(C)C. The highest BCUT2D eigenvalue weighted by atomic mass is 79.9. The van der Waals surface area contributed by atoms with E-state index in [1.807, 2.05) is 0 Å². The molecule has 0 spiro atoms. The van der Waals surface area contributed by atoms with Crippen molar-refractivity contribution < 1.29 is 0 Å². The normalized spacial score (nSPS) is 12.0. The van der Waals surface area contributed by atoms with Crippen LogP contribution in [0.4, 0.5) is 0 Å². The smallest absolute Gasteiger partial charge is 0.0109 e. The molecule has 0 aliphatic heterocycles. The highest BCUT2D eigenvalue weighted by Gasteiger charge is 2.07. The minimum absolute atomic E-state index is 0.779. The molecule has 0 heterocycles. The van der Waals surface area contributed by atoms with Crippen molar-refractivity contribution in [2.24, 2.45) is 5.92 Å². The number of unbranched alkanes of at least 4 members (excludes halogenated alkanes) is 6. The van der Waals surface area contributed by atoms with Crippen molar-refractivity contribution in [1.29, 1.82) is 0 Å². The molecule has 0 aliphatic carbocycles. The molecule has 0 saturated carbocycles. The molecule has 0 unspecified atom stereocenters. The van der Waals surface area contributed by atoms with Gasteiger partial charge in [0.25, 0.3) is 0 Å². The standard InChI is InChI=1S/C17H37BrN2/c1-17(2)16-20(15-14-19(3)4)13-11-9-7-5-6-8-10-12-18/h17H,5-16H2,1-4H3. The number of nitrogens with zero attached hydrogens (tertiary/aromatic N) is 2. The fraction of sp³-hybridized carbons (Fsp3) is 1.00. The summed E-state index contributed by atoms with van der Waals surface area (Å²) in [5.74, 6) is 0.779. The van der Waals surface area contributed by atoms with E-state index in [4.69, 9.17) is 0 Å². The zero-order chi connectivity index (χ0) is 15.2. The summed E-state index contributed by atoms with van der Waals surface area (Å²) in [6, 6.07) is 0. The predicted octanol–water partition coefficient (Wildman–Crippen LogP) is 4.63. The second-order valence-corrected chi connectivity index (χ2v) is 7.45. The number of likely N-dealkylation sites (N-methyl/N-ethyl adjacent to an activating group) is 1. The molecule has 3 heteroatoms. The van der Waals surface area contributed by atoms with E-state index in [1.165, 1.54) is 76.5 Å². The van der Waals surface area contributed by atoms with Crippen molar-refractivity contribution in [2.75, 3.05) is 45.6 Å². The molecule has 0 saturated heterocycles. The van der Waals surface area contributed by atoms with E-state index in [0.717, 1.165) is 5.92 Å². The van der Waals surface area contributed by atoms with Gasteiger partial charge in [0.15, 0.2) is 0 Å². The molecule has 0 aromatic heterocycles. The molecular formula is C17H37BrN2. The van der Waals surface area contributed by atoms with Crippen LogP contribution in [0.3, 0.4) is 0 Å². The van der Waals surface area contributed by atoms with Crippen LogP contribution in [0.5, 0.6) is 0 Å². The van der Waals surface area contributed by atoms with Gasteiger partial charge in [0, 0.05) is 25.0 Å². The van der Waals surface area contributed by atoms with E-state index in [0.29, 0.717) is 0 Å². The highest BCUT2D eigenvalue weighted by molar-refractivity contribution is 9.09. The molecule has 0 aromatic rings. The van der Waals surface area contributed by atoms with Crippen LogP contribution in [0.2, 0.25) is 0 Å². The first kappa shape index (κ1) is 20.4. The van der Waals surface area contributed by atoms with Gasteiger partial charge < -0.3 is 9.80 Å². The molecule has 0 rings (SSSR count). The van der Waals surface area contributed by atoms with Crippen LogP contribution < -0.4 is 0 Å². The van der Waals surface area contributed by atoms with E-state index >= 15 is 0 Å². The maximum absolute atomic E-state index is 3.49. The van der Waals surface area contributed by atoms with Gasteiger partial charge in [-0.05, 0) is 39.4 Å². The lowest BCUT2D eigenvalue weighted by atomic mass is 10.1. The summed E-state index contributed by atoms with van der Waals surface area (Å²) < 4.78 is 0. The summed E-state index contributed by atoms with van der Waals surface area (Å²) in [4.78, 5) is 4.94. The molecule has 20 heavy (non-hydrogen) atoms. The Bertz CT molecular complexity index is 195. The molecule has 0 aromatic carbocycles. The van der Waals surface area contributed by atoms with Gasteiger partial charge in [-0.3, -0.25) is 0 Å². The van der Waals surface area contributed by atoms with Crippen LogP contribution in [0.1, 0.15) is 58.8 Å². The molecule has 0 bridgehead atoms. The van der Waals surface area contributed by atoms with Crippen LogP contribution in [0.25, 0.3) is 0 Å². The van der Waals surface area contributed by atoms with Crippen molar-refractivity contribution in [3.8, 4) is 0 Å². The Kier molecular flexibility index (Phi) is 14.6. The van der Waals surface area contributed by atoms with E-state index in [-0.39, 0.29) is 0 Å². The number of hydrogen-bond donors (Lipinski definition) is 0. The maximum Gasteiger partial charge on any atom is 0.0109 e. The molecule has 0 fully saturated rings. The average Bonchev–Trinajstić information content (AvgIpc) is 2.38. The summed E-state index contributed by atoms with van der Waals surface area (Å²) in [5.41, 5.74) is 0. The third-order valence-corrected chi connectivity index (χ3v) is 4.16. The Morgan fingerprint density at radius 3 is 1.80 bits per heavy atom. The zero-order valence-corrected chi connectivity index (χ0v) is 15.9. The first-order valence-electron chi connectivity index (χ1n) is 8.49. The summed E-state index contributed by atoms with van der Waals surface area (Å²) in [6.45, 7) is 9.58. The number of hydrogen-bond acceptors (Lipinski definition) is 2. The van der Waals surface area contributed by atoms with E-state index < -0.39 is 0 Å². The van der Waals surface area contributed by atoms with Gasteiger partial charge in [-0.2, -0.15) is 0 Å². The molecule has 0 amide bonds. The average molecular weight is 349 g/mol. The van der Waals surface area contributed by atoms with Gasteiger partial charge in [0.2, 0.25) is 0 Å². The van der Waals surface area contributed by atoms with Crippen molar-refractivity contribution in [3.63, 3.8) is 0 Å². The van der Waals surface area contributed by atoms with E-state index in [2.05, 4.69) is 53.7 Å². The number of halogens is 1. The quantitative estimate of drug-likeness (QED) is 0.333. The second kappa shape index (κ2) is 14.3. The lowest BCUT2D eigenvalue weighted by molar-refractivity contribution is 0.215. The first-order valence-corrected chi connectivity index (χ1v) is 9.61. The molecule has 0 aliphatic rings. The van der Waals surface area contributed by atoms with Crippen molar-refractivity contribution in [2.45, 2.75) is 58.8 Å². The third-order valence-electron chi connectivity index (χ3n) is 3.59. The minimum Gasteiger partial charge on any atom is -0.308 e. The van der Waals surface area contributed by atoms with Crippen LogP contribution in [-0.2, 0) is 0 Å². The lowest BCUT2D eigenvalue weighted by Gasteiger charge is -2.25. The van der Waals surface area contributed by atoms with Gasteiger partial charge in [-0.1, -0.05) is 61.9 Å². The maximum atomic E-state index is 3.49. The molecule has 2 nitrogen and oxygen atoms in total. The predicted molar refractivity (Wildman–Crippen MR) is 95.9 cm³/mol. The monoisotopic (exact) mass is 348 g/mol. The zero-order valence-electron chi connectivity index (χ0n) is 14.3. The molecular weight excluding hydrogens is 312 g/mol. The van der Waals surface area contributed by atoms with E-state index in [9.17, 15) is 0 Å². The van der Waals surface area contributed by atoms with Crippen molar-refractivity contribution >= 4 is 15.9 Å². The largest absolute Gasteiger partial charge is 0.308 e. The van der Waals surface area contributed by atoms with Gasteiger partial charge >= 0.3 is 0 Å². The van der Waals surface area contributed by atoms with Crippen LogP contribution in [0, 0.1) is 5.92 Å². The van der Waals surface area contributed by atoms with Gasteiger partial charge in [-0.25, -0.2) is 0 Å². The van der Waals surface area contributed by atoms with Crippen LogP contribution >= 0.6 is 15.9 Å². The fourth-order valence-electron chi connectivity index (χ4n) is 2.47. The van der Waals surface area contributed by atoms with Crippen LogP contribution in [-0.4, -0.2) is 55.4 Å². The molecule has 0 N–H and O–H groups in total. The number of alkyl halides is 1. The summed E-state index contributed by atoms with van der Waals surface area (Å²) in [5, 5.41) is 1.17. The Balaban J connectivity index is 3.57. The minimum atomic E-state index is 0.779. The van der Waals surface area contributed by atoms with Crippen molar-refractivity contribution in [1.82, 2.24) is 9.80 Å². The Morgan fingerprint density at radius 2 is 1.30 bits per heavy atom.